The van der Waals surface area contributed by atoms with Crippen molar-refractivity contribution in [2.24, 2.45) is 0 Å². The quantitative estimate of drug-likeness (QED) is 0.556. The van der Waals surface area contributed by atoms with Gasteiger partial charge >= 0.3 is 5.97 Å². The standard InChI is InChI=1S/C19H23N3O5/c1-3-27-17(24)12-16-18(25)20-9-10-22(16)19(26)15(21-13(2)23)11-14-7-5-4-6-8-14/h4-8,11,16H,3,9-10,12H2,1-2H3,(H,20,25)(H,21,23)/b15-11+. The van der Waals surface area contributed by atoms with Crippen molar-refractivity contribution in [3.63, 3.8) is 0 Å². The molecule has 0 spiro atoms. The van der Waals surface area contributed by atoms with Gasteiger partial charge in [0.2, 0.25) is 11.8 Å². The van der Waals surface area contributed by atoms with Crippen LogP contribution in [0.3, 0.4) is 0 Å². The van der Waals surface area contributed by atoms with E-state index >= 15 is 0 Å². The maximum Gasteiger partial charge on any atom is 0.308 e. The van der Waals surface area contributed by atoms with E-state index in [0.29, 0.717) is 0 Å². The third-order valence-corrected chi connectivity index (χ3v) is 3.91. The summed E-state index contributed by atoms with van der Waals surface area (Å²) in [6, 6.07) is 8.03. The zero-order chi connectivity index (χ0) is 19.8. The number of amides is 3. The molecule has 1 aliphatic heterocycles. The molecule has 1 unspecified atom stereocenters. The van der Waals surface area contributed by atoms with Crippen LogP contribution in [0.15, 0.2) is 36.0 Å². The Morgan fingerprint density at radius 3 is 2.63 bits per heavy atom. The average molecular weight is 373 g/mol. The Kier molecular flexibility index (Phi) is 7.10. The number of ether oxygens (including phenoxy) is 1. The zero-order valence-corrected chi connectivity index (χ0v) is 15.4. The van der Waals surface area contributed by atoms with Crippen LogP contribution < -0.4 is 10.6 Å². The minimum absolute atomic E-state index is 0.0391. The van der Waals surface area contributed by atoms with E-state index < -0.39 is 29.7 Å². The molecule has 0 saturated carbocycles. The minimum atomic E-state index is -0.988. The van der Waals surface area contributed by atoms with Crippen LogP contribution in [0.2, 0.25) is 0 Å². The Hall–Kier alpha value is -3.16. The fourth-order valence-corrected chi connectivity index (χ4v) is 2.75. The molecular weight excluding hydrogens is 350 g/mol. The molecule has 1 aromatic rings. The number of carbonyl (C=O) groups is 4. The first-order valence-electron chi connectivity index (χ1n) is 8.71. The first kappa shape index (κ1) is 20.2. The van der Waals surface area contributed by atoms with Gasteiger partial charge in [-0.2, -0.15) is 0 Å². The SMILES string of the molecule is CCOC(=O)CC1C(=O)NCCN1C(=O)/C(=C\c1ccccc1)NC(C)=O. The zero-order valence-electron chi connectivity index (χ0n) is 15.4. The number of esters is 1. The summed E-state index contributed by atoms with van der Waals surface area (Å²) in [7, 11) is 0. The lowest BCUT2D eigenvalue weighted by molar-refractivity contribution is -0.150. The summed E-state index contributed by atoms with van der Waals surface area (Å²) in [4.78, 5) is 50.0. The van der Waals surface area contributed by atoms with Crippen LogP contribution in [0.4, 0.5) is 0 Å². The number of hydrogen-bond acceptors (Lipinski definition) is 5. The normalized spacial score (nSPS) is 17.1. The number of carbonyl (C=O) groups excluding carboxylic acids is 4. The third-order valence-electron chi connectivity index (χ3n) is 3.91. The van der Waals surface area contributed by atoms with Crippen LogP contribution in [-0.2, 0) is 23.9 Å². The molecule has 8 nitrogen and oxygen atoms in total. The molecule has 0 bridgehead atoms. The van der Waals surface area contributed by atoms with Crippen molar-refractivity contribution in [1.29, 1.82) is 0 Å². The van der Waals surface area contributed by atoms with Gasteiger partial charge in [0.15, 0.2) is 0 Å². The van der Waals surface area contributed by atoms with Crippen LogP contribution in [-0.4, -0.2) is 54.3 Å². The van der Waals surface area contributed by atoms with Crippen molar-refractivity contribution in [3.8, 4) is 0 Å². The summed E-state index contributed by atoms with van der Waals surface area (Å²) in [5.74, 6) is -1.93. The highest BCUT2D eigenvalue weighted by atomic mass is 16.5. The maximum atomic E-state index is 13.0. The van der Waals surface area contributed by atoms with E-state index in [-0.39, 0.29) is 31.8 Å². The Morgan fingerprint density at radius 1 is 1.30 bits per heavy atom. The van der Waals surface area contributed by atoms with Crippen molar-refractivity contribution in [2.75, 3.05) is 19.7 Å². The highest BCUT2D eigenvalue weighted by Gasteiger charge is 2.36. The Labute approximate surface area is 157 Å². The summed E-state index contributed by atoms with van der Waals surface area (Å²) >= 11 is 0. The molecule has 1 aromatic carbocycles. The van der Waals surface area contributed by atoms with Gasteiger partial charge in [-0.15, -0.1) is 0 Å². The molecule has 8 heteroatoms. The van der Waals surface area contributed by atoms with Crippen molar-refractivity contribution in [2.45, 2.75) is 26.3 Å². The van der Waals surface area contributed by atoms with Gasteiger partial charge in [-0.25, -0.2) is 0 Å². The molecule has 3 amide bonds. The smallest absolute Gasteiger partial charge is 0.308 e. The highest BCUT2D eigenvalue weighted by Crippen LogP contribution is 2.15. The van der Waals surface area contributed by atoms with Gasteiger partial charge in [0.05, 0.1) is 13.0 Å². The molecule has 0 aromatic heterocycles. The van der Waals surface area contributed by atoms with E-state index in [1.165, 1.54) is 17.9 Å². The van der Waals surface area contributed by atoms with Crippen LogP contribution >= 0.6 is 0 Å². The highest BCUT2D eigenvalue weighted by molar-refractivity contribution is 6.03. The Bertz CT molecular complexity index is 745. The van der Waals surface area contributed by atoms with E-state index in [2.05, 4.69) is 10.6 Å². The van der Waals surface area contributed by atoms with Crippen LogP contribution in [0, 0.1) is 0 Å². The number of nitrogens with one attached hydrogen (secondary N) is 2. The second kappa shape index (κ2) is 9.51. The molecule has 2 N–H and O–H groups in total. The van der Waals surface area contributed by atoms with Gasteiger partial charge in [-0.1, -0.05) is 30.3 Å². The fraction of sp³-hybridized carbons (Fsp3) is 0.368. The third kappa shape index (κ3) is 5.67. The minimum Gasteiger partial charge on any atom is -0.466 e. The van der Waals surface area contributed by atoms with Gasteiger partial charge in [-0.3, -0.25) is 19.2 Å². The summed E-state index contributed by atoms with van der Waals surface area (Å²) in [5.41, 5.74) is 0.760. The summed E-state index contributed by atoms with van der Waals surface area (Å²) in [5, 5.41) is 5.17. The summed E-state index contributed by atoms with van der Waals surface area (Å²) in [6.07, 6.45) is 1.29. The molecule has 27 heavy (non-hydrogen) atoms. The average Bonchev–Trinajstić information content (AvgIpc) is 2.63. The predicted molar refractivity (Wildman–Crippen MR) is 98.0 cm³/mol. The van der Waals surface area contributed by atoms with Crippen LogP contribution in [0.1, 0.15) is 25.8 Å². The Morgan fingerprint density at radius 2 is 2.00 bits per heavy atom. The van der Waals surface area contributed by atoms with Crippen molar-refractivity contribution in [1.82, 2.24) is 15.5 Å². The second-order valence-corrected chi connectivity index (χ2v) is 5.96. The summed E-state index contributed by atoms with van der Waals surface area (Å²) < 4.78 is 4.90. The summed E-state index contributed by atoms with van der Waals surface area (Å²) in [6.45, 7) is 3.64. The molecule has 144 valence electrons. The first-order chi connectivity index (χ1) is 12.9. The number of nitrogens with zero attached hydrogens (tertiary/aromatic N) is 1. The monoisotopic (exact) mass is 373 g/mol. The van der Waals surface area contributed by atoms with Gasteiger partial charge in [0, 0.05) is 20.0 Å². The number of piperazine rings is 1. The molecular formula is C19H23N3O5. The van der Waals surface area contributed by atoms with Gasteiger partial charge in [-0.05, 0) is 18.6 Å². The number of rotatable bonds is 6. The van der Waals surface area contributed by atoms with E-state index in [1.807, 2.05) is 6.07 Å². The molecule has 1 aliphatic rings. The molecule has 1 saturated heterocycles. The largest absolute Gasteiger partial charge is 0.466 e. The van der Waals surface area contributed by atoms with Crippen molar-refractivity contribution >= 4 is 29.8 Å². The number of benzene rings is 1. The predicted octanol–water partition coefficient (Wildman–Crippen LogP) is 0.444. The fourth-order valence-electron chi connectivity index (χ4n) is 2.75. The molecule has 1 fully saturated rings. The first-order valence-corrected chi connectivity index (χ1v) is 8.71. The van der Waals surface area contributed by atoms with E-state index in [0.717, 1.165) is 5.56 Å². The van der Waals surface area contributed by atoms with Crippen LogP contribution in [0.5, 0.6) is 0 Å². The van der Waals surface area contributed by atoms with Gasteiger partial charge < -0.3 is 20.3 Å². The molecule has 1 heterocycles. The molecule has 2 rings (SSSR count). The Balaban J connectivity index is 2.30. The van der Waals surface area contributed by atoms with Crippen LogP contribution in [0.25, 0.3) is 6.08 Å². The van der Waals surface area contributed by atoms with Crippen molar-refractivity contribution < 1.29 is 23.9 Å². The lowest BCUT2D eigenvalue weighted by atomic mass is 10.1. The van der Waals surface area contributed by atoms with E-state index in [9.17, 15) is 19.2 Å². The lowest BCUT2D eigenvalue weighted by Gasteiger charge is -2.35. The molecule has 1 atom stereocenters. The molecule has 0 aliphatic carbocycles. The molecule has 0 radical (unpaired) electrons. The van der Waals surface area contributed by atoms with Gasteiger partial charge in [0.1, 0.15) is 11.7 Å². The van der Waals surface area contributed by atoms with Crippen molar-refractivity contribution in [3.05, 3.63) is 41.6 Å². The maximum absolute atomic E-state index is 13.0. The number of hydrogen-bond donors (Lipinski definition) is 2. The van der Waals surface area contributed by atoms with E-state index in [1.54, 1.807) is 31.2 Å². The second-order valence-electron chi connectivity index (χ2n) is 5.96. The topological polar surface area (TPSA) is 105 Å². The van der Waals surface area contributed by atoms with E-state index in [4.69, 9.17) is 4.74 Å². The van der Waals surface area contributed by atoms with Gasteiger partial charge in [0.25, 0.3) is 5.91 Å². The lowest BCUT2D eigenvalue weighted by Crippen LogP contribution is -2.58.